The smallest absolute Gasteiger partial charge is 0.407 e. The van der Waals surface area contributed by atoms with Crippen LogP contribution in [0, 0.1) is 5.92 Å². The van der Waals surface area contributed by atoms with Gasteiger partial charge in [-0.05, 0) is 52.9 Å². The van der Waals surface area contributed by atoms with E-state index in [1.54, 1.807) is 0 Å². The Morgan fingerprint density at radius 3 is 2.41 bits per heavy atom. The molecule has 0 aromatic heterocycles. The predicted octanol–water partition coefficient (Wildman–Crippen LogP) is 2.70. The van der Waals surface area contributed by atoms with Crippen LogP contribution in [0.15, 0.2) is 0 Å². The Hall–Kier alpha value is -0.770. The van der Waals surface area contributed by atoms with Crippen LogP contribution in [-0.4, -0.2) is 29.4 Å². The maximum Gasteiger partial charge on any atom is 0.407 e. The van der Waals surface area contributed by atoms with Gasteiger partial charge in [-0.2, -0.15) is 0 Å². The molecule has 17 heavy (non-hydrogen) atoms. The molecule has 0 aliphatic rings. The summed E-state index contributed by atoms with van der Waals surface area (Å²) < 4.78 is 5.18. The van der Waals surface area contributed by atoms with Gasteiger partial charge in [0.1, 0.15) is 5.60 Å². The molecule has 1 amide bonds. The summed E-state index contributed by atoms with van der Waals surface area (Å²) in [5, 5.41) is 11.6. The molecule has 2 N–H and O–H groups in total. The molecule has 0 aromatic rings. The average molecular weight is 245 g/mol. The number of alkyl carbamates (subject to hydrolysis) is 1. The van der Waals surface area contributed by atoms with Gasteiger partial charge in [-0.15, -0.1) is 0 Å². The number of aliphatic hydroxyl groups is 1. The number of amides is 1. The number of ether oxygens (including phenoxy) is 1. The number of carbonyl (C=O) groups excluding carboxylic acids is 1. The second kappa shape index (κ2) is 7.54. The van der Waals surface area contributed by atoms with Crippen LogP contribution < -0.4 is 5.32 Å². The van der Waals surface area contributed by atoms with Crippen molar-refractivity contribution in [1.82, 2.24) is 5.32 Å². The molecule has 4 nitrogen and oxygen atoms in total. The zero-order valence-electron chi connectivity index (χ0n) is 11.7. The highest BCUT2D eigenvalue weighted by atomic mass is 16.6. The fourth-order valence-electron chi connectivity index (χ4n) is 1.73. The zero-order valence-corrected chi connectivity index (χ0v) is 11.7. The van der Waals surface area contributed by atoms with Crippen molar-refractivity contribution >= 4 is 6.09 Å². The molecule has 0 radical (unpaired) electrons. The van der Waals surface area contributed by atoms with Gasteiger partial charge in [0.2, 0.25) is 0 Å². The lowest BCUT2D eigenvalue weighted by atomic mass is 9.98. The minimum absolute atomic E-state index is 0.0959. The second-order valence-corrected chi connectivity index (χ2v) is 5.75. The van der Waals surface area contributed by atoms with Gasteiger partial charge in [0.15, 0.2) is 0 Å². The number of nitrogens with one attached hydrogen (secondary N) is 1. The fraction of sp³-hybridized carbons (Fsp3) is 0.923. The highest BCUT2D eigenvalue weighted by Gasteiger charge is 2.18. The van der Waals surface area contributed by atoms with Crippen molar-refractivity contribution in [1.29, 1.82) is 0 Å². The van der Waals surface area contributed by atoms with Gasteiger partial charge in [-0.25, -0.2) is 4.79 Å². The molecule has 0 aliphatic carbocycles. The van der Waals surface area contributed by atoms with Gasteiger partial charge in [-0.3, -0.25) is 0 Å². The van der Waals surface area contributed by atoms with Gasteiger partial charge in [0.05, 0.1) is 0 Å². The predicted molar refractivity (Wildman–Crippen MR) is 68.9 cm³/mol. The van der Waals surface area contributed by atoms with Crippen LogP contribution in [-0.2, 0) is 4.74 Å². The van der Waals surface area contributed by atoms with E-state index in [9.17, 15) is 4.79 Å². The van der Waals surface area contributed by atoms with E-state index in [-0.39, 0.29) is 18.7 Å². The summed E-state index contributed by atoms with van der Waals surface area (Å²) in [5.41, 5.74) is -0.452. The maximum atomic E-state index is 11.5. The van der Waals surface area contributed by atoms with Crippen molar-refractivity contribution in [2.75, 3.05) is 6.61 Å². The average Bonchev–Trinajstić information content (AvgIpc) is 2.10. The first-order chi connectivity index (χ1) is 7.74. The normalized spacial score (nSPS) is 15.2. The molecule has 0 spiro atoms. The molecular formula is C13H27NO3. The van der Waals surface area contributed by atoms with E-state index < -0.39 is 5.60 Å². The van der Waals surface area contributed by atoms with Gasteiger partial charge >= 0.3 is 6.09 Å². The fourth-order valence-corrected chi connectivity index (χ4v) is 1.73. The Kier molecular flexibility index (Phi) is 7.19. The van der Waals surface area contributed by atoms with Crippen molar-refractivity contribution in [2.24, 2.45) is 5.92 Å². The van der Waals surface area contributed by atoms with E-state index in [2.05, 4.69) is 12.2 Å². The van der Waals surface area contributed by atoms with Crippen LogP contribution in [0.25, 0.3) is 0 Å². The van der Waals surface area contributed by atoms with Crippen LogP contribution in [0.5, 0.6) is 0 Å². The van der Waals surface area contributed by atoms with Gasteiger partial charge < -0.3 is 15.2 Å². The van der Waals surface area contributed by atoms with E-state index in [1.807, 2.05) is 27.7 Å². The quantitative estimate of drug-likeness (QED) is 0.756. The Bertz CT molecular complexity index is 223. The Morgan fingerprint density at radius 2 is 1.94 bits per heavy atom. The van der Waals surface area contributed by atoms with Gasteiger partial charge in [0, 0.05) is 12.6 Å². The molecule has 0 unspecified atom stereocenters. The van der Waals surface area contributed by atoms with Crippen molar-refractivity contribution < 1.29 is 14.6 Å². The summed E-state index contributed by atoms with van der Waals surface area (Å²) in [6, 6.07) is 0.0959. The third kappa shape index (κ3) is 10.1. The summed E-state index contributed by atoms with van der Waals surface area (Å²) in [7, 11) is 0. The maximum absolute atomic E-state index is 11.5. The first kappa shape index (κ1) is 16.2. The summed E-state index contributed by atoms with van der Waals surface area (Å²) in [6.07, 6.45) is 2.34. The molecule has 0 fully saturated rings. The third-order valence-corrected chi connectivity index (χ3v) is 2.37. The highest BCUT2D eigenvalue weighted by molar-refractivity contribution is 5.67. The van der Waals surface area contributed by atoms with E-state index in [4.69, 9.17) is 9.84 Å². The van der Waals surface area contributed by atoms with Crippen LogP contribution in [0.1, 0.15) is 53.9 Å². The molecular weight excluding hydrogens is 218 g/mol. The van der Waals surface area contributed by atoms with Crippen LogP contribution >= 0.6 is 0 Å². The lowest BCUT2D eigenvalue weighted by Gasteiger charge is -2.23. The standard InChI is InChI=1S/C13H27NO3/c1-10(7-6-8-15)9-11(2)14-12(16)17-13(3,4)5/h10-11,15H,6-9H2,1-5H3,(H,14,16)/t10-,11-/m0/s1. The highest BCUT2D eigenvalue weighted by Crippen LogP contribution is 2.13. The number of carbonyl (C=O) groups is 1. The van der Waals surface area contributed by atoms with Crippen molar-refractivity contribution in [3.8, 4) is 0 Å². The summed E-state index contributed by atoms with van der Waals surface area (Å²) >= 11 is 0. The SMILES string of the molecule is C[C@@H](CCCO)C[C@H](C)NC(=O)OC(C)(C)C. The molecule has 0 aromatic carbocycles. The summed E-state index contributed by atoms with van der Waals surface area (Å²) in [6.45, 7) is 9.88. The van der Waals surface area contributed by atoms with Crippen molar-refractivity contribution in [2.45, 2.75) is 65.5 Å². The van der Waals surface area contributed by atoms with Crippen LogP contribution in [0.3, 0.4) is 0 Å². The van der Waals surface area contributed by atoms with Gasteiger partial charge in [-0.1, -0.05) is 6.92 Å². The Labute approximate surface area is 105 Å². The van der Waals surface area contributed by atoms with Crippen LogP contribution in [0.2, 0.25) is 0 Å². The summed E-state index contributed by atoms with van der Waals surface area (Å²) in [4.78, 5) is 11.5. The number of hydrogen-bond donors (Lipinski definition) is 2. The van der Waals surface area contributed by atoms with E-state index in [0.717, 1.165) is 19.3 Å². The number of aliphatic hydroxyl groups excluding tert-OH is 1. The van der Waals surface area contributed by atoms with Crippen LogP contribution in [0.4, 0.5) is 4.79 Å². The molecule has 0 aliphatic heterocycles. The minimum Gasteiger partial charge on any atom is -0.444 e. The van der Waals surface area contributed by atoms with E-state index in [0.29, 0.717) is 5.92 Å². The third-order valence-electron chi connectivity index (χ3n) is 2.37. The first-order valence-corrected chi connectivity index (χ1v) is 6.35. The monoisotopic (exact) mass is 245 g/mol. The molecule has 0 rings (SSSR count). The van der Waals surface area contributed by atoms with E-state index >= 15 is 0 Å². The number of hydrogen-bond acceptors (Lipinski definition) is 3. The van der Waals surface area contributed by atoms with Gasteiger partial charge in [0.25, 0.3) is 0 Å². The molecule has 102 valence electrons. The van der Waals surface area contributed by atoms with Crippen molar-refractivity contribution in [3.63, 3.8) is 0 Å². The second-order valence-electron chi connectivity index (χ2n) is 5.75. The molecule has 0 saturated carbocycles. The largest absolute Gasteiger partial charge is 0.444 e. The molecule has 2 atom stereocenters. The molecule has 4 heteroatoms. The van der Waals surface area contributed by atoms with E-state index in [1.165, 1.54) is 0 Å². The Morgan fingerprint density at radius 1 is 1.35 bits per heavy atom. The lowest BCUT2D eigenvalue weighted by Crippen LogP contribution is -2.38. The topological polar surface area (TPSA) is 58.6 Å². The molecule has 0 heterocycles. The first-order valence-electron chi connectivity index (χ1n) is 6.35. The lowest BCUT2D eigenvalue weighted by molar-refractivity contribution is 0.0502. The molecule has 0 saturated heterocycles. The minimum atomic E-state index is -0.452. The Balaban J connectivity index is 3.85. The van der Waals surface area contributed by atoms with Crippen molar-refractivity contribution in [3.05, 3.63) is 0 Å². The summed E-state index contributed by atoms with van der Waals surface area (Å²) in [5.74, 6) is 0.493. The molecule has 0 bridgehead atoms. The zero-order chi connectivity index (χ0) is 13.5. The number of rotatable bonds is 6.